The smallest absolute Gasteiger partial charge is 0.336 e. The Labute approximate surface area is 82.4 Å². The number of carbonyl (C=O) groups excluding carboxylic acids is 1. The van der Waals surface area contributed by atoms with Crippen LogP contribution >= 0.6 is 0 Å². The molecule has 1 aromatic rings. The van der Waals surface area contributed by atoms with Gasteiger partial charge in [-0.1, -0.05) is 0 Å². The van der Waals surface area contributed by atoms with Crippen molar-refractivity contribution in [1.82, 2.24) is 0 Å². The molecule has 0 atom stereocenters. The number of Topliss-reactive ketones (excluding diaryl/α,β-unsaturated/α-hetero) is 1. The third kappa shape index (κ3) is 1.82. The van der Waals surface area contributed by atoms with Crippen molar-refractivity contribution in [2.24, 2.45) is 0 Å². The van der Waals surface area contributed by atoms with E-state index in [1.807, 2.05) is 13.8 Å². The summed E-state index contributed by atoms with van der Waals surface area (Å²) < 4.78 is 0. The van der Waals surface area contributed by atoms with Gasteiger partial charge in [0.15, 0.2) is 5.78 Å². The van der Waals surface area contributed by atoms with Gasteiger partial charge in [0.2, 0.25) is 0 Å². The summed E-state index contributed by atoms with van der Waals surface area (Å²) in [6.07, 6.45) is 0. The molecule has 1 N–H and O–H groups in total. The second kappa shape index (κ2) is 3.62. The molecule has 74 valence electrons. The molecule has 0 aliphatic heterocycles. The minimum absolute atomic E-state index is 0.0839. The van der Waals surface area contributed by atoms with Gasteiger partial charge in [-0.05, 0) is 44.0 Å². The summed E-state index contributed by atoms with van der Waals surface area (Å²) >= 11 is 0. The Morgan fingerprint density at radius 2 is 1.50 bits per heavy atom. The van der Waals surface area contributed by atoms with Gasteiger partial charge in [-0.2, -0.15) is 0 Å². The minimum Gasteiger partial charge on any atom is -0.478 e. The van der Waals surface area contributed by atoms with Crippen LogP contribution in [0.4, 0.5) is 0 Å². The molecular weight excluding hydrogens is 180 g/mol. The van der Waals surface area contributed by atoms with E-state index >= 15 is 0 Å². The number of aromatic carboxylic acids is 1. The van der Waals surface area contributed by atoms with Crippen LogP contribution in [-0.2, 0) is 0 Å². The van der Waals surface area contributed by atoms with Crippen molar-refractivity contribution in [3.05, 3.63) is 34.4 Å². The molecule has 0 amide bonds. The highest BCUT2D eigenvalue weighted by Crippen LogP contribution is 2.16. The number of benzene rings is 1. The summed E-state index contributed by atoms with van der Waals surface area (Å²) in [6.45, 7) is 5.05. The number of ketones is 1. The van der Waals surface area contributed by atoms with Crippen LogP contribution in [0.2, 0.25) is 0 Å². The van der Waals surface area contributed by atoms with E-state index in [0.29, 0.717) is 0 Å². The Kier molecular flexibility index (Phi) is 2.70. The molecule has 14 heavy (non-hydrogen) atoms. The van der Waals surface area contributed by atoms with E-state index in [1.54, 1.807) is 6.07 Å². The Bertz CT molecular complexity index is 366. The van der Waals surface area contributed by atoms with Crippen molar-refractivity contribution in [3.63, 3.8) is 0 Å². The Balaban J connectivity index is 3.46. The standard InChI is InChI=1S/C11H12O3/c1-6-4-9(8(3)12)10(11(13)14)5-7(6)2/h4-5H,1-3H3,(H,13,14). The third-order valence-corrected chi connectivity index (χ3v) is 2.24. The Hall–Kier alpha value is -1.64. The van der Waals surface area contributed by atoms with Crippen LogP contribution in [0.5, 0.6) is 0 Å². The first-order valence-corrected chi connectivity index (χ1v) is 4.29. The average Bonchev–Trinajstić information content (AvgIpc) is 2.08. The normalized spacial score (nSPS) is 9.93. The first-order chi connectivity index (χ1) is 6.43. The van der Waals surface area contributed by atoms with Crippen molar-refractivity contribution < 1.29 is 14.7 Å². The number of carboxylic acid groups (broad SMARTS) is 1. The third-order valence-electron chi connectivity index (χ3n) is 2.24. The summed E-state index contributed by atoms with van der Waals surface area (Å²) in [5.41, 5.74) is 2.17. The molecule has 0 unspecified atom stereocenters. The Morgan fingerprint density at radius 3 is 1.86 bits per heavy atom. The number of hydrogen-bond donors (Lipinski definition) is 1. The van der Waals surface area contributed by atoms with Gasteiger partial charge in [-0.25, -0.2) is 4.79 Å². The van der Waals surface area contributed by atoms with Crippen LogP contribution in [0.25, 0.3) is 0 Å². The lowest BCUT2D eigenvalue weighted by Gasteiger charge is -2.06. The molecule has 0 spiro atoms. The number of hydrogen-bond acceptors (Lipinski definition) is 2. The number of carboxylic acids is 1. The van der Waals surface area contributed by atoms with Crippen molar-refractivity contribution >= 4 is 11.8 Å². The van der Waals surface area contributed by atoms with Gasteiger partial charge < -0.3 is 5.11 Å². The van der Waals surface area contributed by atoms with Crippen molar-refractivity contribution in [2.45, 2.75) is 20.8 Å². The van der Waals surface area contributed by atoms with Crippen molar-refractivity contribution in [2.75, 3.05) is 0 Å². The number of rotatable bonds is 2. The predicted molar refractivity (Wildman–Crippen MR) is 52.9 cm³/mol. The van der Waals surface area contributed by atoms with E-state index in [9.17, 15) is 9.59 Å². The molecule has 0 aromatic heterocycles. The fraction of sp³-hybridized carbons (Fsp3) is 0.273. The average molecular weight is 192 g/mol. The van der Waals surface area contributed by atoms with Gasteiger partial charge in [-0.15, -0.1) is 0 Å². The van der Waals surface area contributed by atoms with Gasteiger partial charge in [-0.3, -0.25) is 4.79 Å². The van der Waals surface area contributed by atoms with Gasteiger partial charge in [0, 0.05) is 5.56 Å². The van der Waals surface area contributed by atoms with E-state index in [1.165, 1.54) is 13.0 Å². The van der Waals surface area contributed by atoms with Crippen LogP contribution in [0.15, 0.2) is 12.1 Å². The first kappa shape index (κ1) is 10.4. The van der Waals surface area contributed by atoms with E-state index in [4.69, 9.17) is 5.11 Å². The van der Waals surface area contributed by atoms with Crippen molar-refractivity contribution in [3.8, 4) is 0 Å². The van der Waals surface area contributed by atoms with Gasteiger partial charge in [0.05, 0.1) is 5.56 Å². The Morgan fingerprint density at radius 1 is 1.07 bits per heavy atom. The fourth-order valence-electron chi connectivity index (χ4n) is 1.28. The highest BCUT2D eigenvalue weighted by Gasteiger charge is 2.14. The van der Waals surface area contributed by atoms with Crippen LogP contribution in [-0.4, -0.2) is 16.9 Å². The van der Waals surface area contributed by atoms with E-state index in [0.717, 1.165) is 11.1 Å². The lowest BCUT2D eigenvalue weighted by molar-refractivity contribution is 0.0692. The quantitative estimate of drug-likeness (QED) is 0.731. The van der Waals surface area contributed by atoms with Crippen LogP contribution in [0, 0.1) is 13.8 Å². The summed E-state index contributed by atoms with van der Waals surface area (Å²) in [5.74, 6) is -1.27. The van der Waals surface area contributed by atoms with E-state index in [-0.39, 0.29) is 16.9 Å². The fourth-order valence-corrected chi connectivity index (χ4v) is 1.28. The molecule has 0 fully saturated rings. The van der Waals surface area contributed by atoms with E-state index < -0.39 is 5.97 Å². The molecule has 1 aromatic carbocycles. The molecule has 0 saturated carbocycles. The molecule has 0 saturated heterocycles. The maximum Gasteiger partial charge on any atom is 0.336 e. The second-order valence-corrected chi connectivity index (χ2v) is 3.34. The highest BCUT2D eigenvalue weighted by atomic mass is 16.4. The first-order valence-electron chi connectivity index (χ1n) is 4.29. The zero-order chi connectivity index (χ0) is 10.9. The SMILES string of the molecule is CC(=O)c1cc(C)c(C)cc1C(=O)O. The summed E-state index contributed by atoms with van der Waals surface area (Å²) in [5, 5.41) is 8.88. The molecule has 1 rings (SSSR count). The van der Waals surface area contributed by atoms with Gasteiger partial charge in [0.1, 0.15) is 0 Å². The summed E-state index contributed by atoms with van der Waals surface area (Å²) in [4.78, 5) is 22.0. The lowest BCUT2D eigenvalue weighted by atomic mass is 9.98. The molecule has 0 radical (unpaired) electrons. The van der Waals surface area contributed by atoms with Crippen LogP contribution < -0.4 is 0 Å². The van der Waals surface area contributed by atoms with Gasteiger partial charge in [0.25, 0.3) is 0 Å². The number of carbonyl (C=O) groups is 2. The molecular formula is C11H12O3. The predicted octanol–water partition coefficient (Wildman–Crippen LogP) is 2.20. The molecule has 0 bridgehead atoms. The zero-order valence-electron chi connectivity index (χ0n) is 8.42. The molecule has 3 nitrogen and oxygen atoms in total. The number of aryl methyl sites for hydroxylation is 2. The lowest BCUT2D eigenvalue weighted by Crippen LogP contribution is -2.07. The molecule has 3 heteroatoms. The second-order valence-electron chi connectivity index (χ2n) is 3.34. The molecule has 0 aliphatic carbocycles. The monoisotopic (exact) mass is 192 g/mol. The topological polar surface area (TPSA) is 54.4 Å². The van der Waals surface area contributed by atoms with Crippen LogP contribution in [0.1, 0.15) is 38.8 Å². The summed E-state index contributed by atoms with van der Waals surface area (Å²) in [7, 11) is 0. The summed E-state index contributed by atoms with van der Waals surface area (Å²) in [6, 6.07) is 3.16. The molecule has 0 aliphatic rings. The zero-order valence-corrected chi connectivity index (χ0v) is 8.42. The largest absolute Gasteiger partial charge is 0.478 e. The highest BCUT2D eigenvalue weighted by molar-refractivity contribution is 6.05. The van der Waals surface area contributed by atoms with Gasteiger partial charge >= 0.3 is 5.97 Å². The maximum atomic E-state index is 11.2. The van der Waals surface area contributed by atoms with Crippen molar-refractivity contribution in [1.29, 1.82) is 0 Å². The maximum absolute atomic E-state index is 11.2. The van der Waals surface area contributed by atoms with Crippen LogP contribution in [0.3, 0.4) is 0 Å². The molecule has 0 heterocycles. The van der Waals surface area contributed by atoms with E-state index in [2.05, 4.69) is 0 Å². The minimum atomic E-state index is -1.06.